The molecule has 0 fully saturated rings. The molecule has 0 aliphatic carbocycles. The monoisotopic (exact) mass is 155 g/mol. The Hall–Kier alpha value is -1.30. The topological polar surface area (TPSA) is 0 Å². The Morgan fingerprint density at radius 2 is 1.92 bits per heavy atom. The van der Waals surface area contributed by atoms with E-state index in [1.807, 2.05) is 12.1 Å². The third-order valence-corrected chi connectivity index (χ3v) is 2.40. The summed E-state index contributed by atoms with van der Waals surface area (Å²) in [6, 6.07) is 13.5. The van der Waals surface area contributed by atoms with Crippen LogP contribution in [0, 0.1) is 19.9 Å². The van der Waals surface area contributed by atoms with Crippen molar-refractivity contribution in [2.45, 2.75) is 13.8 Å². The molecular formula is C12H11. The van der Waals surface area contributed by atoms with Gasteiger partial charge in [-0.2, -0.15) is 0 Å². The Morgan fingerprint density at radius 1 is 1.08 bits per heavy atom. The molecule has 2 aromatic carbocycles. The summed E-state index contributed by atoms with van der Waals surface area (Å²) in [4.78, 5) is 0. The Labute approximate surface area is 72.8 Å². The first-order valence-electron chi connectivity index (χ1n) is 4.15. The summed E-state index contributed by atoms with van der Waals surface area (Å²) in [5.41, 5.74) is 2.73. The van der Waals surface area contributed by atoms with Crippen molar-refractivity contribution in [2.24, 2.45) is 0 Å². The molecule has 0 aliphatic heterocycles. The largest absolute Gasteiger partial charge is 0.0584 e. The number of fused-ring (bicyclic) bond motifs is 1. The van der Waals surface area contributed by atoms with Crippen molar-refractivity contribution in [3.8, 4) is 0 Å². The highest BCUT2D eigenvalue weighted by atomic mass is 14.0. The van der Waals surface area contributed by atoms with Gasteiger partial charge in [-0.1, -0.05) is 24.3 Å². The molecule has 0 unspecified atom stereocenters. The average molecular weight is 155 g/mol. The molecule has 0 heteroatoms. The van der Waals surface area contributed by atoms with Gasteiger partial charge in [0.25, 0.3) is 0 Å². The van der Waals surface area contributed by atoms with Gasteiger partial charge >= 0.3 is 0 Å². The van der Waals surface area contributed by atoms with Crippen molar-refractivity contribution < 1.29 is 0 Å². The zero-order valence-corrected chi connectivity index (χ0v) is 7.39. The van der Waals surface area contributed by atoms with Crippen LogP contribution >= 0.6 is 0 Å². The van der Waals surface area contributed by atoms with Crippen LogP contribution in [0.3, 0.4) is 0 Å². The standard InChI is InChI=1S/C12H11/c1-9-7-8-11-5-3-4-6-12(11)10(9)2/h4-8H,1-2H3. The maximum atomic E-state index is 3.08. The first kappa shape index (κ1) is 7.35. The Kier molecular flexibility index (Phi) is 1.61. The predicted molar refractivity (Wildman–Crippen MR) is 52.3 cm³/mol. The summed E-state index contributed by atoms with van der Waals surface area (Å²) >= 11 is 0. The number of benzene rings is 2. The Morgan fingerprint density at radius 3 is 2.75 bits per heavy atom. The van der Waals surface area contributed by atoms with E-state index in [0.29, 0.717) is 0 Å². The minimum absolute atomic E-state index is 1.28. The normalized spacial score (nSPS) is 10.5. The Bertz CT molecular complexity index is 413. The zero-order chi connectivity index (χ0) is 8.55. The second kappa shape index (κ2) is 2.63. The van der Waals surface area contributed by atoms with Gasteiger partial charge in [-0.15, -0.1) is 0 Å². The van der Waals surface area contributed by atoms with Crippen LogP contribution in [0.1, 0.15) is 11.1 Å². The number of rotatable bonds is 0. The minimum atomic E-state index is 1.28. The number of aryl methyl sites for hydroxylation is 2. The first-order valence-corrected chi connectivity index (χ1v) is 4.15. The minimum Gasteiger partial charge on any atom is -0.0584 e. The summed E-state index contributed by atoms with van der Waals surface area (Å²) < 4.78 is 0. The molecule has 0 bridgehead atoms. The first-order chi connectivity index (χ1) is 5.79. The van der Waals surface area contributed by atoms with Crippen LogP contribution in [0.15, 0.2) is 30.3 Å². The SMILES string of the molecule is Cc1ccc2c[c]ccc2c1C. The summed E-state index contributed by atoms with van der Waals surface area (Å²) in [6.45, 7) is 4.31. The lowest BCUT2D eigenvalue weighted by Crippen LogP contribution is -1.82. The third-order valence-electron chi connectivity index (χ3n) is 2.40. The number of hydrogen-bond donors (Lipinski definition) is 0. The molecule has 1 radical (unpaired) electrons. The van der Waals surface area contributed by atoms with E-state index in [1.165, 1.54) is 21.9 Å². The molecule has 0 spiro atoms. The summed E-state index contributed by atoms with van der Waals surface area (Å²) in [7, 11) is 0. The lowest BCUT2D eigenvalue weighted by Gasteiger charge is -2.03. The quantitative estimate of drug-likeness (QED) is 0.547. The van der Waals surface area contributed by atoms with Crippen LogP contribution in [-0.2, 0) is 0 Å². The fourth-order valence-electron chi connectivity index (χ4n) is 1.47. The van der Waals surface area contributed by atoms with Crippen molar-refractivity contribution >= 4 is 10.8 Å². The zero-order valence-electron chi connectivity index (χ0n) is 7.39. The lowest BCUT2D eigenvalue weighted by molar-refractivity contribution is 1.38. The van der Waals surface area contributed by atoms with E-state index in [-0.39, 0.29) is 0 Å². The molecule has 12 heavy (non-hydrogen) atoms. The van der Waals surface area contributed by atoms with Gasteiger partial charge in [-0.05, 0) is 47.9 Å². The molecule has 2 aromatic rings. The third kappa shape index (κ3) is 1.00. The van der Waals surface area contributed by atoms with Gasteiger partial charge in [0.15, 0.2) is 0 Å². The smallest absolute Gasteiger partial charge is 0.0152 e. The van der Waals surface area contributed by atoms with Crippen LogP contribution in [0.25, 0.3) is 10.8 Å². The molecule has 0 atom stereocenters. The molecular weight excluding hydrogens is 144 g/mol. The lowest BCUT2D eigenvalue weighted by atomic mass is 10.0. The van der Waals surface area contributed by atoms with Gasteiger partial charge < -0.3 is 0 Å². The van der Waals surface area contributed by atoms with Gasteiger partial charge in [0.2, 0.25) is 0 Å². The van der Waals surface area contributed by atoms with Crippen LogP contribution in [0.4, 0.5) is 0 Å². The van der Waals surface area contributed by atoms with E-state index in [1.54, 1.807) is 0 Å². The van der Waals surface area contributed by atoms with Crippen molar-refractivity contribution in [1.82, 2.24) is 0 Å². The molecule has 0 amide bonds. The molecule has 2 rings (SSSR count). The van der Waals surface area contributed by atoms with E-state index in [2.05, 4.69) is 38.1 Å². The van der Waals surface area contributed by atoms with Crippen LogP contribution in [0.5, 0.6) is 0 Å². The highest BCUT2D eigenvalue weighted by molar-refractivity contribution is 5.86. The van der Waals surface area contributed by atoms with Gasteiger partial charge in [0.1, 0.15) is 0 Å². The highest BCUT2D eigenvalue weighted by Gasteiger charge is 1.97. The molecule has 0 N–H and O–H groups in total. The van der Waals surface area contributed by atoms with Crippen LogP contribution < -0.4 is 0 Å². The molecule has 59 valence electrons. The van der Waals surface area contributed by atoms with Gasteiger partial charge in [0.05, 0.1) is 0 Å². The van der Waals surface area contributed by atoms with E-state index in [9.17, 15) is 0 Å². The maximum absolute atomic E-state index is 3.08. The van der Waals surface area contributed by atoms with Crippen molar-refractivity contribution in [3.05, 3.63) is 47.5 Å². The van der Waals surface area contributed by atoms with Gasteiger partial charge in [-0.3, -0.25) is 0 Å². The highest BCUT2D eigenvalue weighted by Crippen LogP contribution is 2.20. The fourth-order valence-corrected chi connectivity index (χ4v) is 1.47. The second-order valence-electron chi connectivity index (χ2n) is 3.15. The maximum Gasteiger partial charge on any atom is -0.0152 e. The summed E-state index contributed by atoms with van der Waals surface area (Å²) in [5, 5.41) is 2.62. The second-order valence-corrected chi connectivity index (χ2v) is 3.15. The average Bonchev–Trinajstić information content (AvgIpc) is 2.12. The molecule has 0 aromatic heterocycles. The van der Waals surface area contributed by atoms with Crippen molar-refractivity contribution in [2.75, 3.05) is 0 Å². The number of hydrogen-bond acceptors (Lipinski definition) is 0. The van der Waals surface area contributed by atoms with E-state index < -0.39 is 0 Å². The van der Waals surface area contributed by atoms with Crippen molar-refractivity contribution in [1.29, 1.82) is 0 Å². The molecule has 0 saturated carbocycles. The van der Waals surface area contributed by atoms with E-state index >= 15 is 0 Å². The molecule has 0 aliphatic rings. The molecule has 0 saturated heterocycles. The van der Waals surface area contributed by atoms with E-state index in [4.69, 9.17) is 0 Å². The summed E-state index contributed by atoms with van der Waals surface area (Å²) in [5.74, 6) is 0. The fraction of sp³-hybridized carbons (Fsp3) is 0.167. The summed E-state index contributed by atoms with van der Waals surface area (Å²) in [6.07, 6.45) is 0. The molecule has 0 heterocycles. The van der Waals surface area contributed by atoms with Crippen LogP contribution in [0.2, 0.25) is 0 Å². The van der Waals surface area contributed by atoms with E-state index in [0.717, 1.165) is 0 Å². The van der Waals surface area contributed by atoms with Gasteiger partial charge in [0, 0.05) is 0 Å². The Balaban J connectivity index is 2.91. The van der Waals surface area contributed by atoms with Gasteiger partial charge in [-0.25, -0.2) is 0 Å². The van der Waals surface area contributed by atoms with Crippen LogP contribution in [-0.4, -0.2) is 0 Å². The van der Waals surface area contributed by atoms with Crippen molar-refractivity contribution in [3.63, 3.8) is 0 Å². The predicted octanol–water partition coefficient (Wildman–Crippen LogP) is 3.26. The molecule has 0 nitrogen and oxygen atoms in total.